The number of rotatable bonds is 4. The summed E-state index contributed by atoms with van der Waals surface area (Å²) in [6.45, 7) is 0.517. The summed E-state index contributed by atoms with van der Waals surface area (Å²) < 4.78 is 16.5. The Morgan fingerprint density at radius 3 is 2.68 bits per heavy atom. The van der Waals surface area contributed by atoms with Gasteiger partial charge in [-0.15, -0.1) is 0 Å². The Balaban J connectivity index is 1.58. The van der Waals surface area contributed by atoms with Crippen LogP contribution in [0.5, 0.6) is 11.5 Å². The van der Waals surface area contributed by atoms with Crippen molar-refractivity contribution in [3.05, 3.63) is 46.4 Å². The van der Waals surface area contributed by atoms with E-state index in [1.165, 1.54) is 6.07 Å². The largest absolute Gasteiger partial charge is 0.486 e. The fraction of sp³-hybridized carbons (Fsp3) is 0.176. The highest BCUT2D eigenvalue weighted by molar-refractivity contribution is 9.10. The van der Waals surface area contributed by atoms with Crippen LogP contribution in [0.15, 0.2) is 40.9 Å². The number of amides is 1. The number of fused-ring (bicyclic) bond motifs is 1. The van der Waals surface area contributed by atoms with Gasteiger partial charge in [-0.05, 0) is 30.3 Å². The van der Waals surface area contributed by atoms with Gasteiger partial charge in [-0.2, -0.15) is 0 Å². The average molecular weight is 407 g/mol. The third kappa shape index (κ3) is 4.21. The Labute approximate surface area is 152 Å². The van der Waals surface area contributed by atoms with E-state index in [2.05, 4.69) is 21.2 Å². The van der Waals surface area contributed by atoms with E-state index in [0.29, 0.717) is 34.9 Å². The molecular weight excluding hydrogens is 392 g/mol. The normalized spacial score (nSPS) is 12.4. The lowest BCUT2D eigenvalue weighted by atomic mass is 10.2. The number of carbonyl (C=O) groups is 2. The minimum Gasteiger partial charge on any atom is -0.486 e. The van der Waals surface area contributed by atoms with Gasteiger partial charge in [0.2, 0.25) is 0 Å². The number of ether oxygens (including phenoxy) is 3. The Kier molecular flexibility index (Phi) is 5.08. The number of nitrogens with one attached hydrogen (secondary N) is 1. The molecule has 25 heavy (non-hydrogen) atoms. The monoisotopic (exact) mass is 406 g/mol. The topological polar surface area (TPSA) is 99.9 Å². The molecular formula is C17H15BrN2O5. The van der Waals surface area contributed by atoms with E-state index in [1.807, 2.05) is 0 Å². The van der Waals surface area contributed by atoms with E-state index in [0.717, 1.165) is 0 Å². The van der Waals surface area contributed by atoms with Crippen molar-refractivity contribution in [3.63, 3.8) is 0 Å². The maximum atomic E-state index is 12.0. The van der Waals surface area contributed by atoms with Crippen LogP contribution >= 0.6 is 15.9 Å². The molecule has 0 radical (unpaired) electrons. The molecule has 130 valence electrons. The molecule has 3 rings (SSSR count). The van der Waals surface area contributed by atoms with Crippen molar-refractivity contribution in [3.8, 4) is 11.5 Å². The highest BCUT2D eigenvalue weighted by Gasteiger charge is 2.15. The number of carbonyl (C=O) groups excluding carboxylic acids is 2. The fourth-order valence-corrected chi connectivity index (χ4v) is 2.59. The number of esters is 1. The van der Waals surface area contributed by atoms with Crippen LogP contribution in [0.25, 0.3) is 0 Å². The third-order valence-corrected chi connectivity index (χ3v) is 3.89. The van der Waals surface area contributed by atoms with E-state index >= 15 is 0 Å². The fourth-order valence-electron chi connectivity index (χ4n) is 2.23. The molecule has 0 saturated heterocycles. The quantitative estimate of drug-likeness (QED) is 0.597. The summed E-state index contributed by atoms with van der Waals surface area (Å²) in [7, 11) is 0. The molecule has 2 aromatic rings. The Morgan fingerprint density at radius 1 is 1.12 bits per heavy atom. The zero-order valence-electron chi connectivity index (χ0n) is 13.1. The van der Waals surface area contributed by atoms with Gasteiger partial charge >= 0.3 is 5.97 Å². The number of hydrogen-bond donors (Lipinski definition) is 2. The SMILES string of the molecule is Nc1ccc(Br)cc1C(=O)OCC(=O)Nc1ccc2c(c1)OCCO2. The van der Waals surface area contributed by atoms with Crippen molar-refractivity contribution in [2.45, 2.75) is 0 Å². The summed E-state index contributed by atoms with van der Waals surface area (Å²) in [6.07, 6.45) is 0. The minimum atomic E-state index is -0.670. The summed E-state index contributed by atoms with van der Waals surface area (Å²) in [5.74, 6) is 0.0403. The van der Waals surface area contributed by atoms with Crippen LogP contribution in [0.3, 0.4) is 0 Å². The number of nitrogen functional groups attached to an aromatic ring is 1. The molecule has 1 aliphatic heterocycles. The average Bonchev–Trinajstić information content (AvgIpc) is 2.61. The van der Waals surface area contributed by atoms with Gasteiger partial charge < -0.3 is 25.3 Å². The van der Waals surface area contributed by atoms with Crippen LogP contribution in [-0.2, 0) is 9.53 Å². The van der Waals surface area contributed by atoms with Gasteiger partial charge in [0.1, 0.15) is 13.2 Å². The second-order valence-electron chi connectivity index (χ2n) is 5.21. The van der Waals surface area contributed by atoms with Crippen LogP contribution in [0.1, 0.15) is 10.4 Å². The maximum absolute atomic E-state index is 12.0. The van der Waals surface area contributed by atoms with E-state index in [4.69, 9.17) is 19.9 Å². The first kappa shape index (κ1) is 17.1. The summed E-state index contributed by atoms with van der Waals surface area (Å²) in [5.41, 5.74) is 6.73. The molecule has 1 aliphatic rings. The molecule has 8 heteroatoms. The first-order valence-electron chi connectivity index (χ1n) is 7.44. The van der Waals surface area contributed by atoms with Gasteiger partial charge in [0, 0.05) is 21.9 Å². The molecule has 1 amide bonds. The Morgan fingerprint density at radius 2 is 1.88 bits per heavy atom. The summed E-state index contributed by atoms with van der Waals surface area (Å²) in [5, 5.41) is 2.63. The van der Waals surface area contributed by atoms with E-state index in [-0.39, 0.29) is 11.3 Å². The second kappa shape index (κ2) is 7.43. The van der Waals surface area contributed by atoms with Crippen molar-refractivity contribution < 1.29 is 23.8 Å². The van der Waals surface area contributed by atoms with Crippen LogP contribution in [0.2, 0.25) is 0 Å². The molecule has 0 aliphatic carbocycles. The first-order valence-corrected chi connectivity index (χ1v) is 8.24. The van der Waals surface area contributed by atoms with Crippen molar-refractivity contribution >= 4 is 39.2 Å². The highest BCUT2D eigenvalue weighted by Crippen LogP contribution is 2.32. The molecule has 2 aromatic carbocycles. The molecule has 1 heterocycles. The number of anilines is 2. The van der Waals surface area contributed by atoms with Crippen LogP contribution in [0.4, 0.5) is 11.4 Å². The van der Waals surface area contributed by atoms with E-state index in [9.17, 15) is 9.59 Å². The van der Waals surface area contributed by atoms with Crippen LogP contribution in [-0.4, -0.2) is 31.7 Å². The number of halogens is 1. The molecule has 0 unspecified atom stereocenters. The molecule has 0 fully saturated rings. The van der Waals surface area contributed by atoms with Crippen LogP contribution in [0, 0.1) is 0 Å². The summed E-state index contributed by atoms with van der Waals surface area (Å²) in [4.78, 5) is 24.0. The van der Waals surface area contributed by atoms with Crippen molar-refractivity contribution in [2.24, 2.45) is 0 Å². The zero-order chi connectivity index (χ0) is 17.8. The zero-order valence-corrected chi connectivity index (χ0v) is 14.7. The van der Waals surface area contributed by atoms with Gasteiger partial charge in [-0.3, -0.25) is 4.79 Å². The van der Waals surface area contributed by atoms with E-state index < -0.39 is 18.5 Å². The van der Waals surface area contributed by atoms with Gasteiger partial charge in [0.25, 0.3) is 5.91 Å². The highest BCUT2D eigenvalue weighted by atomic mass is 79.9. The molecule has 0 bridgehead atoms. The Bertz CT molecular complexity index is 825. The molecule has 0 spiro atoms. The lowest BCUT2D eigenvalue weighted by molar-refractivity contribution is -0.119. The first-order chi connectivity index (χ1) is 12.0. The van der Waals surface area contributed by atoms with Gasteiger partial charge in [0.15, 0.2) is 18.1 Å². The summed E-state index contributed by atoms with van der Waals surface area (Å²) >= 11 is 3.25. The third-order valence-electron chi connectivity index (χ3n) is 3.40. The van der Waals surface area contributed by atoms with Crippen LogP contribution < -0.4 is 20.5 Å². The number of nitrogens with two attached hydrogens (primary N) is 1. The standard InChI is InChI=1S/C17H15BrN2O5/c18-10-1-3-13(19)12(7-10)17(22)25-9-16(21)20-11-2-4-14-15(8-11)24-6-5-23-14/h1-4,7-8H,5-6,9,19H2,(H,20,21). The van der Waals surface area contributed by atoms with Crippen molar-refractivity contribution in [1.29, 1.82) is 0 Å². The minimum absolute atomic E-state index is 0.196. The predicted octanol–water partition coefficient (Wildman–Crippen LogP) is 2.60. The van der Waals surface area contributed by atoms with Gasteiger partial charge in [-0.25, -0.2) is 4.79 Å². The molecule has 0 aromatic heterocycles. The Hall–Kier alpha value is -2.74. The van der Waals surface area contributed by atoms with Crippen molar-refractivity contribution in [1.82, 2.24) is 0 Å². The van der Waals surface area contributed by atoms with Gasteiger partial charge in [0.05, 0.1) is 5.56 Å². The molecule has 7 nitrogen and oxygen atoms in total. The smallest absolute Gasteiger partial charge is 0.340 e. The van der Waals surface area contributed by atoms with E-state index in [1.54, 1.807) is 30.3 Å². The lowest BCUT2D eigenvalue weighted by Gasteiger charge is -2.19. The number of hydrogen-bond acceptors (Lipinski definition) is 6. The lowest BCUT2D eigenvalue weighted by Crippen LogP contribution is -2.21. The maximum Gasteiger partial charge on any atom is 0.340 e. The summed E-state index contributed by atoms with van der Waals surface area (Å²) in [6, 6.07) is 9.87. The molecule has 3 N–H and O–H groups in total. The van der Waals surface area contributed by atoms with Crippen molar-refractivity contribution in [2.75, 3.05) is 30.9 Å². The second-order valence-corrected chi connectivity index (χ2v) is 6.13. The van der Waals surface area contributed by atoms with Gasteiger partial charge in [-0.1, -0.05) is 15.9 Å². The molecule has 0 saturated carbocycles. The molecule has 0 atom stereocenters. The number of benzene rings is 2. The predicted molar refractivity (Wildman–Crippen MR) is 94.9 cm³/mol.